The van der Waals surface area contributed by atoms with Crippen molar-refractivity contribution in [2.24, 2.45) is 13.0 Å². The van der Waals surface area contributed by atoms with E-state index >= 15 is 0 Å². The Balaban J connectivity index is 0.000000429. The van der Waals surface area contributed by atoms with Crippen molar-refractivity contribution in [1.82, 2.24) is 33.7 Å². The number of carbonyl (C=O) groups is 3. The maximum Gasteiger partial charge on any atom is 0.490 e. The van der Waals surface area contributed by atoms with E-state index < -0.39 is 46.5 Å². The fourth-order valence-electron chi connectivity index (χ4n) is 5.75. The first-order valence-corrected chi connectivity index (χ1v) is 20.0. The Morgan fingerprint density at radius 1 is 0.844 bits per heavy atom. The fourth-order valence-corrected chi connectivity index (χ4v) is 7.39. The van der Waals surface area contributed by atoms with Gasteiger partial charge in [-0.25, -0.2) is 32.8 Å². The summed E-state index contributed by atoms with van der Waals surface area (Å²) in [5, 5.41) is 28.5. The molecule has 0 aliphatic carbocycles. The normalized spacial score (nSPS) is 14.5. The smallest absolute Gasteiger partial charge is 0.475 e. The van der Waals surface area contributed by atoms with Gasteiger partial charge in [0, 0.05) is 51.3 Å². The van der Waals surface area contributed by atoms with Crippen molar-refractivity contribution in [3.05, 3.63) is 76.6 Å². The molecule has 64 heavy (non-hydrogen) atoms. The van der Waals surface area contributed by atoms with E-state index in [0.717, 1.165) is 55.7 Å². The molecule has 1 fully saturated rings. The summed E-state index contributed by atoms with van der Waals surface area (Å²) in [5.74, 6) is -6.19. The average molecular weight is 964 g/mol. The molecule has 5 heterocycles. The van der Waals surface area contributed by atoms with Crippen LogP contribution in [0.1, 0.15) is 35.4 Å². The van der Waals surface area contributed by atoms with E-state index in [1.165, 1.54) is 11.1 Å². The molecule has 6 bridgehead atoms. The lowest BCUT2D eigenvalue weighted by molar-refractivity contribution is -0.193. The molecule has 4 aromatic rings. The summed E-state index contributed by atoms with van der Waals surface area (Å²) in [6.45, 7) is 4.52. The zero-order valence-electron chi connectivity index (χ0n) is 33.6. The van der Waals surface area contributed by atoms with E-state index in [4.69, 9.17) is 41.3 Å². The molecule has 2 aliphatic heterocycles. The van der Waals surface area contributed by atoms with Crippen LogP contribution in [0.25, 0.3) is 0 Å². The van der Waals surface area contributed by atoms with Gasteiger partial charge in [0.1, 0.15) is 10.8 Å². The third kappa shape index (κ3) is 16.1. The van der Waals surface area contributed by atoms with Gasteiger partial charge in [0.25, 0.3) is 10.0 Å². The number of carboxylic acids is 3. The van der Waals surface area contributed by atoms with Gasteiger partial charge in [0.15, 0.2) is 10.8 Å². The van der Waals surface area contributed by atoms with Gasteiger partial charge in [-0.1, -0.05) is 17.7 Å². The van der Waals surface area contributed by atoms with E-state index in [9.17, 15) is 47.9 Å². The Morgan fingerprint density at radius 3 is 1.92 bits per heavy atom. The van der Waals surface area contributed by atoms with Gasteiger partial charge in [0.2, 0.25) is 5.95 Å². The molecule has 5 N–H and O–H groups in total. The Morgan fingerprint density at radius 2 is 1.41 bits per heavy atom. The summed E-state index contributed by atoms with van der Waals surface area (Å²) in [4.78, 5) is 46.6. The van der Waals surface area contributed by atoms with Crippen molar-refractivity contribution >= 4 is 62.7 Å². The number of imidazole rings is 1. The number of alkyl halides is 9. The largest absolute Gasteiger partial charge is 0.490 e. The van der Waals surface area contributed by atoms with Crippen molar-refractivity contribution in [2.75, 3.05) is 37.3 Å². The van der Waals surface area contributed by atoms with Crippen LogP contribution >= 0.6 is 11.6 Å². The zero-order valence-corrected chi connectivity index (χ0v) is 35.1. The topological polar surface area (TPSA) is 233 Å². The summed E-state index contributed by atoms with van der Waals surface area (Å²) in [7, 11) is 0.379. The number of pyridine rings is 1. The van der Waals surface area contributed by atoms with Gasteiger partial charge in [-0.15, -0.1) is 0 Å². The molecule has 352 valence electrons. The van der Waals surface area contributed by atoms with E-state index in [1.54, 1.807) is 27.5 Å². The number of halogens is 10. The lowest BCUT2D eigenvalue weighted by Gasteiger charge is -2.33. The summed E-state index contributed by atoms with van der Waals surface area (Å²) >= 11 is 6.42. The van der Waals surface area contributed by atoms with E-state index in [2.05, 4.69) is 66.8 Å². The van der Waals surface area contributed by atoms with Crippen LogP contribution in [0.3, 0.4) is 0 Å². The van der Waals surface area contributed by atoms with Crippen LogP contribution in [-0.2, 0) is 50.8 Å². The van der Waals surface area contributed by atoms with Gasteiger partial charge in [-0.05, 0) is 80.5 Å². The second kappa shape index (κ2) is 21.7. The minimum absolute atomic E-state index is 0.135. The minimum atomic E-state index is -5.08. The maximum atomic E-state index is 13.1. The number of aryl methyl sites for hydroxylation is 4. The minimum Gasteiger partial charge on any atom is -0.475 e. The Bertz CT molecular complexity index is 2300. The van der Waals surface area contributed by atoms with E-state index in [-0.39, 0.29) is 5.03 Å². The third-order valence-electron chi connectivity index (χ3n) is 8.95. The van der Waals surface area contributed by atoms with Crippen LogP contribution in [-0.4, -0.2) is 121 Å². The molecule has 28 heteroatoms. The Hall–Kier alpha value is -5.80. The molecule has 17 nitrogen and oxygen atoms in total. The van der Waals surface area contributed by atoms with E-state index in [0.29, 0.717) is 41.6 Å². The number of aliphatic carboxylic acids is 3. The SMILES string of the molecule is Cc1nc(S(=O)(=O)N2CCC(CN(C)Cc3ccc4cc3CCc3cncc(c3)Nc3ncc(Cl)c(n3)N4)CC2)cn1C.O=C(O)C(F)(F)F.O=C(O)C(F)(F)F.O=C(O)C(F)(F)F. The molecule has 2 aliphatic rings. The summed E-state index contributed by atoms with van der Waals surface area (Å²) in [5.41, 5.74) is 5.36. The molecule has 3 aromatic heterocycles. The number of benzene rings is 1. The second-order valence-electron chi connectivity index (χ2n) is 13.9. The number of sulfonamides is 1. The lowest BCUT2D eigenvalue weighted by Crippen LogP contribution is -2.41. The zero-order chi connectivity index (χ0) is 48.4. The molecule has 1 saturated heterocycles. The average Bonchev–Trinajstić information content (AvgIpc) is 3.54. The van der Waals surface area contributed by atoms with Crippen LogP contribution < -0.4 is 10.6 Å². The summed E-state index contributed by atoms with van der Waals surface area (Å²) in [6, 6.07) is 8.47. The van der Waals surface area contributed by atoms with Gasteiger partial charge >= 0.3 is 36.4 Å². The van der Waals surface area contributed by atoms with Crippen LogP contribution in [0, 0.1) is 12.8 Å². The molecular formula is C36H39ClF9N9O8S. The van der Waals surface area contributed by atoms with Gasteiger partial charge in [-0.3, -0.25) is 4.98 Å². The maximum absolute atomic E-state index is 13.1. The van der Waals surface area contributed by atoms with Crippen molar-refractivity contribution < 1.29 is 77.6 Å². The predicted octanol–water partition coefficient (Wildman–Crippen LogP) is 6.59. The monoisotopic (exact) mass is 963 g/mol. The molecule has 0 amide bonds. The highest BCUT2D eigenvalue weighted by Crippen LogP contribution is 2.29. The molecule has 0 atom stereocenters. The first-order valence-electron chi connectivity index (χ1n) is 18.2. The standard InChI is InChI=1S/C30H36ClN9O2S.3C2HF3O2/c1-20-34-28(19-39(20)3)43(41,42)40-10-8-21(9-11-40)17-38(2)18-24-6-7-25-13-23(24)5-4-22-12-26(15-32-14-22)36-30-33-16-27(31)29(35-25)37-30;3*3-2(4,5)1(6)7/h6-7,12-16,19,21H,4-5,8-11,17-18H2,1-3H3,(H2,33,35,36,37);3*(H,6,7). The van der Waals surface area contributed by atoms with Crippen LogP contribution in [0.4, 0.5) is 62.7 Å². The van der Waals surface area contributed by atoms with Gasteiger partial charge < -0.3 is 35.4 Å². The number of hydrogen-bond acceptors (Lipinski definition) is 12. The van der Waals surface area contributed by atoms with Crippen molar-refractivity contribution in [3.63, 3.8) is 0 Å². The third-order valence-corrected chi connectivity index (χ3v) is 11.0. The fraction of sp³-hybridized carbons (Fsp3) is 0.417. The molecule has 0 spiro atoms. The highest BCUT2D eigenvalue weighted by molar-refractivity contribution is 7.89. The molecular weight excluding hydrogens is 925 g/mol. The molecule has 6 rings (SSSR count). The number of piperidine rings is 1. The van der Waals surface area contributed by atoms with Crippen molar-refractivity contribution in [3.8, 4) is 0 Å². The van der Waals surface area contributed by atoms with Crippen molar-refractivity contribution in [1.29, 1.82) is 0 Å². The quantitative estimate of drug-likeness (QED) is 0.128. The molecule has 1 aromatic carbocycles. The number of fused-ring (bicyclic) bond motifs is 6. The Labute approximate surface area is 363 Å². The summed E-state index contributed by atoms with van der Waals surface area (Å²) < 4.78 is 125. The molecule has 0 radical (unpaired) electrons. The number of carboxylic acid groups (broad SMARTS) is 3. The summed E-state index contributed by atoms with van der Waals surface area (Å²) in [6.07, 6.45) is -5.08. The Kier molecular flexibility index (Phi) is 17.8. The second-order valence-corrected chi connectivity index (χ2v) is 16.2. The number of nitrogens with zero attached hydrogens (tertiary/aromatic N) is 7. The van der Waals surface area contributed by atoms with Crippen LogP contribution in [0.5, 0.6) is 0 Å². The predicted molar refractivity (Wildman–Crippen MR) is 209 cm³/mol. The van der Waals surface area contributed by atoms with Gasteiger partial charge in [-0.2, -0.15) is 48.8 Å². The number of rotatable bonds is 6. The highest BCUT2D eigenvalue weighted by Gasteiger charge is 2.39. The van der Waals surface area contributed by atoms with E-state index in [1.807, 2.05) is 20.2 Å². The first kappa shape index (κ1) is 52.5. The number of hydrogen-bond donors (Lipinski definition) is 5. The van der Waals surface area contributed by atoms with Crippen LogP contribution in [0.15, 0.2) is 54.1 Å². The number of nitrogens with one attached hydrogen (secondary N) is 2. The highest BCUT2D eigenvalue weighted by atomic mass is 35.5. The first-order chi connectivity index (χ1) is 29.5. The van der Waals surface area contributed by atoms with Crippen molar-refractivity contribution in [2.45, 2.75) is 62.7 Å². The number of anilines is 4. The lowest BCUT2D eigenvalue weighted by atomic mass is 9.96. The van der Waals surface area contributed by atoms with Crippen LogP contribution in [0.2, 0.25) is 5.02 Å². The molecule has 0 unspecified atom stereocenters. The van der Waals surface area contributed by atoms with Gasteiger partial charge in [0.05, 0.1) is 18.1 Å². The number of aromatic nitrogens is 5. The molecule has 0 saturated carbocycles.